The molecule has 0 saturated carbocycles. The van der Waals surface area contributed by atoms with Crippen molar-refractivity contribution >= 4 is 37.5 Å². The van der Waals surface area contributed by atoms with E-state index >= 15 is 0 Å². The van der Waals surface area contributed by atoms with Crippen LogP contribution in [0.1, 0.15) is 23.2 Å². The molecular weight excluding hydrogens is 448 g/mol. The van der Waals surface area contributed by atoms with Gasteiger partial charge in [0.1, 0.15) is 10.6 Å². The van der Waals surface area contributed by atoms with Crippen molar-refractivity contribution < 1.29 is 22.7 Å². The number of sulfonamides is 1. The van der Waals surface area contributed by atoms with Crippen LogP contribution < -0.4 is 14.8 Å². The molecule has 1 amide bonds. The molecule has 1 heterocycles. The lowest BCUT2D eigenvalue weighted by atomic mass is 10.1. The maximum atomic E-state index is 12.9. The number of halogens is 1. The lowest BCUT2D eigenvalue weighted by Gasteiger charge is -2.15. The van der Waals surface area contributed by atoms with Crippen molar-refractivity contribution in [1.82, 2.24) is 5.32 Å². The average Bonchev–Trinajstić information content (AvgIpc) is 3.20. The second-order valence-electron chi connectivity index (χ2n) is 6.29. The molecule has 1 fully saturated rings. The highest BCUT2D eigenvalue weighted by Gasteiger charge is 2.23. The van der Waals surface area contributed by atoms with Crippen LogP contribution in [-0.2, 0) is 14.8 Å². The number of hydrogen-bond acceptors (Lipinski definition) is 5. The number of benzene rings is 2. The first-order valence-electron chi connectivity index (χ1n) is 8.76. The number of methoxy groups -OCH3 is 1. The molecule has 0 radical (unpaired) electrons. The Morgan fingerprint density at radius 1 is 1.29 bits per heavy atom. The molecule has 0 spiro atoms. The summed E-state index contributed by atoms with van der Waals surface area (Å²) in [6.07, 6.45) is 1.88. The Morgan fingerprint density at radius 3 is 2.79 bits per heavy atom. The van der Waals surface area contributed by atoms with E-state index in [1.807, 2.05) is 0 Å². The minimum absolute atomic E-state index is 0.00117. The van der Waals surface area contributed by atoms with E-state index in [4.69, 9.17) is 9.47 Å². The van der Waals surface area contributed by atoms with Gasteiger partial charge >= 0.3 is 0 Å². The van der Waals surface area contributed by atoms with E-state index in [-0.39, 0.29) is 33.9 Å². The van der Waals surface area contributed by atoms with E-state index in [0.717, 1.165) is 12.8 Å². The zero-order valence-corrected chi connectivity index (χ0v) is 17.7. The molecule has 9 heteroatoms. The number of amides is 1. The summed E-state index contributed by atoms with van der Waals surface area (Å²) in [7, 11) is -2.58. The Hall–Kier alpha value is -2.10. The average molecular weight is 469 g/mol. The van der Waals surface area contributed by atoms with Gasteiger partial charge in [-0.3, -0.25) is 9.52 Å². The van der Waals surface area contributed by atoms with Gasteiger partial charge < -0.3 is 14.8 Å². The van der Waals surface area contributed by atoms with Gasteiger partial charge in [0.25, 0.3) is 15.9 Å². The number of ether oxygens (including phenoxy) is 2. The number of hydrogen-bond donors (Lipinski definition) is 2. The van der Waals surface area contributed by atoms with Gasteiger partial charge in [-0.2, -0.15) is 0 Å². The van der Waals surface area contributed by atoms with Crippen molar-refractivity contribution in [2.75, 3.05) is 25.0 Å². The summed E-state index contributed by atoms with van der Waals surface area (Å²) in [6.45, 7) is 1.09. The highest BCUT2D eigenvalue weighted by molar-refractivity contribution is 9.10. The Bertz CT molecular complexity index is 959. The summed E-state index contributed by atoms with van der Waals surface area (Å²) in [6, 6.07) is 11.1. The van der Waals surface area contributed by atoms with Gasteiger partial charge in [0.05, 0.1) is 24.5 Å². The third-order valence-electron chi connectivity index (χ3n) is 4.35. The van der Waals surface area contributed by atoms with Gasteiger partial charge in [-0.25, -0.2) is 8.42 Å². The first-order chi connectivity index (χ1) is 13.4. The van der Waals surface area contributed by atoms with Crippen LogP contribution in [0.3, 0.4) is 0 Å². The molecule has 0 bridgehead atoms. The summed E-state index contributed by atoms with van der Waals surface area (Å²) in [5.74, 6) is -0.161. The molecule has 1 saturated heterocycles. The van der Waals surface area contributed by atoms with Crippen molar-refractivity contribution in [3.05, 3.63) is 52.5 Å². The molecule has 1 atom stereocenters. The van der Waals surface area contributed by atoms with Gasteiger partial charge in [0.15, 0.2) is 0 Å². The molecule has 7 nitrogen and oxygen atoms in total. The Morgan fingerprint density at radius 2 is 2.07 bits per heavy atom. The number of rotatable bonds is 7. The maximum absolute atomic E-state index is 12.9. The number of anilines is 1. The Labute approximate surface area is 172 Å². The molecule has 150 valence electrons. The van der Waals surface area contributed by atoms with E-state index in [9.17, 15) is 13.2 Å². The number of nitrogens with one attached hydrogen (secondary N) is 2. The van der Waals surface area contributed by atoms with Crippen molar-refractivity contribution in [3.63, 3.8) is 0 Å². The molecule has 28 heavy (non-hydrogen) atoms. The van der Waals surface area contributed by atoms with Gasteiger partial charge in [-0.15, -0.1) is 0 Å². The molecule has 0 unspecified atom stereocenters. The lowest BCUT2D eigenvalue weighted by molar-refractivity contribution is 0.0858. The summed E-state index contributed by atoms with van der Waals surface area (Å²) in [4.78, 5) is 12.6. The smallest absolute Gasteiger partial charge is 0.265 e. The van der Waals surface area contributed by atoms with Crippen LogP contribution in [0.2, 0.25) is 0 Å². The molecule has 2 aromatic carbocycles. The molecule has 0 aliphatic carbocycles. The molecule has 0 aromatic heterocycles. The van der Waals surface area contributed by atoms with Crippen molar-refractivity contribution in [1.29, 1.82) is 0 Å². The van der Waals surface area contributed by atoms with Crippen molar-refractivity contribution in [2.24, 2.45) is 0 Å². The largest absolute Gasteiger partial charge is 0.495 e. The Kier molecular flexibility index (Phi) is 6.58. The maximum Gasteiger partial charge on any atom is 0.265 e. The van der Waals surface area contributed by atoms with Crippen LogP contribution in [0.15, 0.2) is 51.8 Å². The monoisotopic (exact) mass is 468 g/mol. The Balaban J connectivity index is 1.82. The van der Waals surface area contributed by atoms with E-state index in [0.29, 0.717) is 17.6 Å². The number of para-hydroxylation sites is 1. The number of carbonyl (C=O) groups is 1. The van der Waals surface area contributed by atoms with Crippen LogP contribution in [-0.4, -0.2) is 40.7 Å². The van der Waals surface area contributed by atoms with Gasteiger partial charge in [-0.05, 0) is 43.2 Å². The highest BCUT2D eigenvalue weighted by Crippen LogP contribution is 2.29. The lowest BCUT2D eigenvalue weighted by Crippen LogP contribution is -2.32. The van der Waals surface area contributed by atoms with Crippen LogP contribution in [0.5, 0.6) is 5.75 Å². The van der Waals surface area contributed by atoms with Crippen molar-refractivity contribution in [3.8, 4) is 5.75 Å². The van der Waals surface area contributed by atoms with Gasteiger partial charge in [-0.1, -0.05) is 28.1 Å². The first kappa shape index (κ1) is 20.6. The summed E-state index contributed by atoms with van der Waals surface area (Å²) >= 11 is 3.27. The fourth-order valence-corrected chi connectivity index (χ4v) is 4.73. The predicted octanol–water partition coefficient (Wildman–Crippen LogP) is 3.17. The van der Waals surface area contributed by atoms with E-state index in [1.54, 1.807) is 36.4 Å². The third-order valence-corrected chi connectivity index (χ3v) is 6.23. The van der Waals surface area contributed by atoms with Crippen LogP contribution in [0, 0.1) is 0 Å². The minimum Gasteiger partial charge on any atom is -0.495 e. The fraction of sp³-hybridized carbons (Fsp3) is 0.316. The molecule has 2 aromatic rings. The highest BCUT2D eigenvalue weighted by atomic mass is 79.9. The quantitative estimate of drug-likeness (QED) is 0.650. The normalized spacial score (nSPS) is 16.6. The summed E-state index contributed by atoms with van der Waals surface area (Å²) < 4.78 is 39.6. The summed E-state index contributed by atoms with van der Waals surface area (Å²) in [5, 5.41) is 2.81. The SMILES string of the molecule is COc1ccc(Br)cc1S(=O)(=O)Nc1ccccc1C(=O)NC[C@H]1CCCO1. The van der Waals surface area contributed by atoms with E-state index < -0.39 is 10.0 Å². The zero-order chi connectivity index (χ0) is 20.1. The van der Waals surface area contributed by atoms with Gasteiger partial charge in [0.2, 0.25) is 0 Å². The predicted molar refractivity (Wildman–Crippen MR) is 109 cm³/mol. The van der Waals surface area contributed by atoms with Crippen LogP contribution in [0.25, 0.3) is 0 Å². The van der Waals surface area contributed by atoms with E-state index in [1.165, 1.54) is 13.2 Å². The molecule has 1 aliphatic heterocycles. The van der Waals surface area contributed by atoms with E-state index in [2.05, 4.69) is 26.0 Å². The topological polar surface area (TPSA) is 93.7 Å². The first-order valence-corrected chi connectivity index (χ1v) is 11.0. The molecule has 2 N–H and O–H groups in total. The zero-order valence-electron chi connectivity index (χ0n) is 15.3. The van der Waals surface area contributed by atoms with Gasteiger partial charge in [0, 0.05) is 17.6 Å². The second kappa shape index (κ2) is 8.93. The van der Waals surface area contributed by atoms with Crippen molar-refractivity contribution in [2.45, 2.75) is 23.8 Å². The third kappa shape index (κ3) is 4.84. The number of carbonyl (C=O) groups excluding carboxylic acids is 1. The van der Waals surface area contributed by atoms with Crippen LogP contribution >= 0.6 is 15.9 Å². The molecule has 1 aliphatic rings. The standard InChI is InChI=1S/C19H21BrN2O5S/c1-26-17-9-8-13(20)11-18(17)28(24,25)22-16-7-3-2-6-15(16)19(23)21-12-14-5-4-10-27-14/h2-3,6-9,11,14,22H,4-5,10,12H2,1H3,(H,21,23)/t14-/m1/s1. The molecule has 3 rings (SSSR count). The fourth-order valence-electron chi connectivity index (χ4n) is 2.94. The summed E-state index contributed by atoms with van der Waals surface area (Å²) in [5.41, 5.74) is 0.424. The second-order valence-corrected chi connectivity index (χ2v) is 8.86. The van der Waals surface area contributed by atoms with Crippen LogP contribution in [0.4, 0.5) is 5.69 Å². The molecular formula is C19H21BrN2O5S. The minimum atomic E-state index is -3.97.